The SMILES string of the molecule is CC(C)(C)C(c1cccc(-n2nc3ccccc3n2)c1O)C(C)(C)C. The Morgan fingerprint density at radius 1 is 0.800 bits per heavy atom. The number of nitrogens with zero attached hydrogens (tertiary/aromatic N) is 3. The smallest absolute Gasteiger partial charge is 0.146 e. The quantitative estimate of drug-likeness (QED) is 0.690. The van der Waals surface area contributed by atoms with Crippen LogP contribution in [0.15, 0.2) is 42.5 Å². The zero-order chi connectivity index (χ0) is 18.4. The van der Waals surface area contributed by atoms with Gasteiger partial charge in [0.25, 0.3) is 0 Å². The zero-order valence-corrected chi connectivity index (χ0v) is 15.9. The molecule has 0 amide bonds. The third-order valence-electron chi connectivity index (χ3n) is 4.59. The number of rotatable bonds is 2. The molecule has 1 heterocycles. The molecule has 1 aromatic heterocycles. The molecule has 0 radical (unpaired) electrons. The lowest BCUT2D eigenvalue weighted by Gasteiger charge is -2.41. The summed E-state index contributed by atoms with van der Waals surface area (Å²) < 4.78 is 0. The highest BCUT2D eigenvalue weighted by molar-refractivity contribution is 5.73. The molecular formula is C21H27N3O. The number of phenolic OH excluding ortho intramolecular Hbond substituents is 1. The largest absolute Gasteiger partial charge is 0.505 e. The van der Waals surface area contributed by atoms with Crippen molar-refractivity contribution in [1.29, 1.82) is 0 Å². The average Bonchev–Trinajstić information content (AvgIpc) is 2.90. The van der Waals surface area contributed by atoms with E-state index < -0.39 is 0 Å². The highest BCUT2D eigenvalue weighted by Gasteiger charge is 2.38. The van der Waals surface area contributed by atoms with Crippen molar-refractivity contribution in [3.05, 3.63) is 48.0 Å². The second kappa shape index (κ2) is 5.87. The second-order valence-corrected chi connectivity index (χ2v) is 8.86. The minimum Gasteiger partial charge on any atom is -0.505 e. The molecule has 25 heavy (non-hydrogen) atoms. The molecule has 0 spiro atoms. The minimum absolute atomic E-state index is 0.0105. The Kier molecular flexibility index (Phi) is 4.10. The van der Waals surface area contributed by atoms with Gasteiger partial charge in [-0.3, -0.25) is 0 Å². The first-order valence-corrected chi connectivity index (χ1v) is 8.73. The van der Waals surface area contributed by atoms with E-state index in [2.05, 4.69) is 51.7 Å². The van der Waals surface area contributed by atoms with E-state index in [-0.39, 0.29) is 22.5 Å². The van der Waals surface area contributed by atoms with E-state index in [1.165, 1.54) is 4.80 Å². The van der Waals surface area contributed by atoms with Crippen LogP contribution in [0.25, 0.3) is 16.7 Å². The van der Waals surface area contributed by atoms with Crippen molar-refractivity contribution < 1.29 is 5.11 Å². The maximum Gasteiger partial charge on any atom is 0.146 e. The van der Waals surface area contributed by atoms with Gasteiger partial charge in [0.15, 0.2) is 0 Å². The average molecular weight is 337 g/mol. The van der Waals surface area contributed by atoms with E-state index in [4.69, 9.17) is 0 Å². The van der Waals surface area contributed by atoms with E-state index in [0.717, 1.165) is 16.6 Å². The summed E-state index contributed by atoms with van der Waals surface area (Å²) in [4.78, 5) is 1.53. The summed E-state index contributed by atoms with van der Waals surface area (Å²) in [6, 6.07) is 13.6. The molecule has 0 unspecified atom stereocenters. The number of aromatic hydroxyl groups is 1. The van der Waals surface area contributed by atoms with Gasteiger partial charge in [-0.25, -0.2) is 0 Å². The molecule has 4 nitrogen and oxygen atoms in total. The zero-order valence-electron chi connectivity index (χ0n) is 15.9. The third-order valence-corrected chi connectivity index (χ3v) is 4.59. The molecule has 4 heteroatoms. The fourth-order valence-electron chi connectivity index (χ4n) is 4.14. The standard InChI is InChI=1S/C21H27N3O/c1-20(2,3)19(21(4,5)6)14-10-9-13-17(18(14)25)24-22-15-11-7-8-12-16(15)23-24/h7-13,19,25H,1-6H3. The summed E-state index contributed by atoms with van der Waals surface area (Å²) in [5.74, 6) is 0.447. The summed E-state index contributed by atoms with van der Waals surface area (Å²) in [5.41, 5.74) is 3.21. The molecule has 132 valence electrons. The molecule has 0 aliphatic carbocycles. The van der Waals surface area contributed by atoms with Gasteiger partial charge in [-0.15, -0.1) is 15.0 Å². The summed E-state index contributed by atoms with van der Waals surface area (Å²) in [6.07, 6.45) is 0. The van der Waals surface area contributed by atoms with E-state index in [9.17, 15) is 5.11 Å². The summed E-state index contributed by atoms with van der Waals surface area (Å²) in [6.45, 7) is 13.3. The fraction of sp³-hybridized carbons (Fsp3) is 0.429. The first kappa shape index (κ1) is 17.5. The maximum absolute atomic E-state index is 11.1. The Morgan fingerprint density at radius 2 is 1.32 bits per heavy atom. The number of phenols is 1. The van der Waals surface area contributed by atoms with Crippen molar-refractivity contribution in [2.24, 2.45) is 10.8 Å². The number of hydrogen-bond donors (Lipinski definition) is 1. The van der Waals surface area contributed by atoms with Crippen LogP contribution in [0.3, 0.4) is 0 Å². The highest BCUT2D eigenvalue weighted by atomic mass is 16.3. The van der Waals surface area contributed by atoms with Gasteiger partial charge in [0.1, 0.15) is 22.5 Å². The van der Waals surface area contributed by atoms with Crippen molar-refractivity contribution in [2.45, 2.75) is 47.5 Å². The lowest BCUT2D eigenvalue weighted by Crippen LogP contribution is -2.30. The van der Waals surface area contributed by atoms with Gasteiger partial charge in [-0.2, -0.15) is 0 Å². The van der Waals surface area contributed by atoms with Crippen LogP contribution < -0.4 is 0 Å². The van der Waals surface area contributed by atoms with Gasteiger partial charge in [0.05, 0.1) is 0 Å². The van der Waals surface area contributed by atoms with E-state index in [0.29, 0.717) is 5.69 Å². The normalized spacial score (nSPS) is 12.9. The summed E-state index contributed by atoms with van der Waals surface area (Å²) in [5, 5.41) is 20.1. The van der Waals surface area contributed by atoms with E-state index in [1.807, 2.05) is 42.5 Å². The molecule has 2 aromatic carbocycles. The van der Waals surface area contributed by atoms with Crippen LogP contribution in [-0.2, 0) is 0 Å². The third kappa shape index (κ3) is 3.26. The van der Waals surface area contributed by atoms with Gasteiger partial charge in [-0.1, -0.05) is 65.8 Å². The van der Waals surface area contributed by atoms with E-state index >= 15 is 0 Å². The Balaban J connectivity index is 2.17. The molecule has 1 N–H and O–H groups in total. The predicted octanol–water partition coefficient (Wildman–Crippen LogP) is 5.30. The monoisotopic (exact) mass is 337 g/mol. The van der Waals surface area contributed by atoms with Crippen molar-refractivity contribution in [1.82, 2.24) is 15.0 Å². The van der Waals surface area contributed by atoms with Crippen LogP contribution in [0.2, 0.25) is 0 Å². The topological polar surface area (TPSA) is 50.9 Å². The molecule has 3 rings (SSSR count). The number of para-hydroxylation sites is 1. The highest BCUT2D eigenvalue weighted by Crippen LogP contribution is 2.50. The first-order chi connectivity index (χ1) is 11.6. The molecule has 0 bridgehead atoms. The number of hydrogen-bond acceptors (Lipinski definition) is 3. The maximum atomic E-state index is 11.1. The van der Waals surface area contributed by atoms with Crippen molar-refractivity contribution in [3.8, 4) is 11.4 Å². The molecule has 0 saturated carbocycles. The number of aromatic nitrogens is 3. The molecule has 0 aliphatic heterocycles. The lowest BCUT2D eigenvalue weighted by molar-refractivity contribution is 0.172. The van der Waals surface area contributed by atoms with Gasteiger partial charge in [-0.05, 0) is 34.9 Å². The van der Waals surface area contributed by atoms with Crippen molar-refractivity contribution in [2.75, 3.05) is 0 Å². The van der Waals surface area contributed by atoms with Crippen LogP contribution >= 0.6 is 0 Å². The van der Waals surface area contributed by atoms with Gasteiger partial charge < -0.3 is 5.11 Å². The molecular weight excluding hydrogens is 310 g/mol. The number of fused-ring (bicyclic) bond motifs is 1. The van der Waals surface area contributed by atoms with Crippen LogP contribution in [-0.4, -0.2) is 20.1 Å². The molecule has 0 fully saturated rings. The summed E-state index contributed by atoms with van der Waals surface area (Å²) >= 11 is 0. The number of benzene rings is 2. The van der Waals surface area contributed by atoms with Crippen molar-refractivity contribution in [3.63, 3.8) is 0 Å². The van der Waals surface area contributed by atoms with Crippen LogP contribution in [0.1, 0.15) is 53.0 Å². The summed E-state index contributed by atoms with van der Waals surface area (Å²) in [7, 11) is 0. The van der Waals surface area contributed by atoms with Crippen LogP contribution in [0.4, 0.5) is 0 Å². The molecule has 0 atom stereocenters. The Hall–Kier alpha value is -2.36. The van der Waals surface area contributed by atoms with Gasteiger partial charge in [0.2, 0.25) is 0 Å². The van der Waals surface area contributed by atoms with Gasteiger partial charge >= 0.3 is 0 Å². The Bertz CT molecular complexity index is 850. The minimum atomic E-state index is 0.0105. The molecule has 3 aromatic rings. The fourth-order valence-corrected chi connectivity index (χ4v) is 4.14. The van der Waals surface area contributed by atoms with E-state index in [1.54, 1.807) is 0 Å². The van der Waals surface area contributed by atoms with Crippen molar-refractivity contribution >= 4 is 11.0 Å². The Labute approximate surface area is 149 Å². The van der Waals surface area contributed by atoms with Crippen LogP contribution in [0, 0.1) is 10.8 Å². The predicted molar refractivity (Wildman–Crippen MR) is 102 cm³/mol. The second-order valence-electron chi connectivity index (χ2n) is 8.86. The van der Waals surface area contributed by atoms with Gasteiger partial charge in [0, 0.05) is 5.56 Å². The lowest BCUT2D eigenvalue weighted by atomic mass is 9.63. The van der Waals surface area contributed by atoms with Crippen LogP contribution in [0.5, 0.6) is 5.75 Å². The first-order valence-electron chi connectivity index (χ1n) is 8.73. The molecule has 0 saturated heterocycles. The molecule has 0 aliphatic rings. The Morgan fingerprint density at radius 3 is 1.80 bits per heavy atom.